The van der Waals surface area contributed by atoms with Gasteiger partial charge in [0.25, 0.3) is 5.91 Å². The minimum Gasteiger partial charge on any atom is -0.490 e. The van der Waals surface area contributed by atoms with Crippen molar-refractivity contribution in [3.8, 4) is 5.75 Å². The highest BCUT2D eigenvalue weighted by molar-refractivity contribution is 7.92. The van der Waals surface area contributed by atoms with Crippen LogP contribution in [0.5, 0.6) is 5.75 Å². The smallest absolute Gasteiger partial charge is 0.335 e. The Morgan fingerprint density at radius 3 is 2.49 bits per heavy atom. The van der Waals surface area contributed by atoms with Crippen molar-refractivity contribution in [1.29, 1.82) is 0 Å². The van der Waals surface area contributed by atoms with E-state index in [-0.39, 0.29) is 54.0 Å². The summed E-state index contributed by atoms with van der Waals surface area (Å²) in [5, 5.41) is 19.3. The average molecular weight is 620 g/mol. The van der Waals surface area contributed by atoms with Gasteiger partial charge in [0.2, 0.25) is 10.0 Å². The van der Waals surface area contributed by atoms with Crippen LogP contribution in [0.2, 0.25) is 0 Å². The number of nitrogens with one attached hydrogen (secondary N) is 1. The lowest BCUT2D eigenvalue weighted by atomic mass is 10.0. The summed E-state index contributed by atoms with van der Waals surface area (Å²) in [6, 6.07) is 10.9. The van der Waals surface area contributed by atoms with Gasteiger partial charge in [-0.2, -0.15) is 0 Å². The van der Waals surface area contributed by atoms with Crippen LogP contribution < -0.4 is 9.46 Å². The molecule has 0 saturated heterocycles. The van der Waals surface area contributed by atoms with Gasteiger partial charge < -0.3 is 24.6 Å². The first-order chi connectivity index (χ1) is 20.3. The fourth-order valence-electron chi connectivity index (χ4n) is 5.10. The number of hydrogen-bond acceptors (Lipinski definition) is 8. The first kappa shape index (κ1) is 34.3. The third kappa shape index (κ3) is 10.5. The highest BCUT2D eigenvalue weighted by atomic mass is 32.2. The molecule has 1 heterocycles. The second-order valence-electron chi connectivity index (χ2n) is 11.6. The van der Waals surface area contributed by atoms with E-state index in [0.29, 0.717) is 25.4 Å². The number of carbonyl (C=O) groups is 2. The molecule has 0 aromatic heterocycles. The van der Waals surface area contributed by atoms with Crippen LogP contribution in [0.15, 0.2) is 42.5 Å². The second kappa shape index (κ2) is 15.5. The minimum absolute atomic E-state index is 0.127. The van der Waals surface area contributed by atoms with Gasteiger partial charge in [0.05, 0.1) is 42.2 Å². The van der Waals surface area contributed by atoms with E-state index in [1.165, 1.54) is 6.07 Å². The number of carboxylic acids is 1. The number of carboxylic acid groups (broad SMARTS) is 1. The van der Waals surface area contributed by atoms with E-state index in [2.05, 4.69) is 9.62 Å². The Kier molecular flexibility index (Phi) is 12.4. The summed E-state index contributed by atoms with van der Waals surface area (Å²) in [4.78, 5) is 29.0. The molecule has 0 saturated carbocycles. The number of amides is 1. The number of sulfonamides is 1. The second-order valence-corrected chi connectivity index (χ2v) is 13.3. The summed E-state index contributed by atoms with van der Waals surface area (Å²) in [6.07, 6.45) is 3.04. The van der Waals surface area contributed by atoms with Gasteiger partial charge in [-0.3, -0.25) is 14.4 Å². The van der Waals surface area contributed by atoms with E-state index in [0.717, 1.165) is 31.1 Å². The normalized spacial score (nSPS) is 21.4. The van der Waals surface area contributed by atoms with Gasteiger partial charge in [0.1, 0.15) is 5.75 Å². The van der Waals surface area contributed by atoms with E-state index < -0.39 is 22.0 Å². The van der Waals surface area contributed by atoms with Crippen LogP contribution in [0.4, 0.5) is 5.69 Å². The lowest BCUT2D eigenvalue weighted by Crippen LogP contribution is -2.47. The first-order valence-electron chi connectivity index (χ1n) is 14.6. The molecule has 3 rings (SSSR count). The third-order valence-corrected chi connectivity index (χ3v) is 8.11. The van der Waals surface area contributed by atoms with E-state index in [4.69, 9.17) is 9.47 Å². The molecule has 12 heteroatoms. The molecular weight excluding hydrogens is 574 g/mol. The largest absolute Gasteiger partial charge is 0.490 e. The molecule has 0 bridgehead atoms. The van der Waals surface area contributed by atoms with Crippen LogP contribution in [-0.4, -0.2) is 98.2 Å². The Labute approximate surface area is 254 Å². The number of ether oxygens (including phenoxy) is 2. The van der Waals surface area contributed by atoms with E-state index >= 15 is 0 Å². The van der Waals surface area contributed by atoms with Crippen molar-refractivity contribution in [2.75, 3.05) is 44.3 Å². The molecule has 0 radical (unpaired) electrons. The summed E-state index contributed by atoms with van der Waals surface area (Å²) in [7, 11) is -1.61. The van der Waals surface area contributed by atoms with Gasteiger partial charge in [0.15, 0.2) is 0 Å². The van der Waals surface area contributed by atoms with Crippen LogP contribution in [0.3, 0.4) is 0 Å². The third-order valence-electron chi connectivity index (χ3n) is 7.50. The Morgan fingerprint density at radius 1 is 1.16 bits per heavy atom. The first-order valence-corrected chi connectivity index (χ1v) is 16.5. The van der Waals surface area contributed by atoms with Crippen molar-refractivity contribution in [2.45, 2.75) is 64.8 Å². The highest BCUT2D eigenvalue weighted by Crippen LogP contribution is 2.29. The quantitative estimate of drug-likeness (QED) is 0.383. The number of hydrogen-bond donors (Lipinski definition) is 3. The van der Waals surface area contributed by atoms with Gasteiger partial charge in [-0.1, -0.05) is 19.1 Å². The van der Waals surface area contributed by atoms with Gasteiger partial charge in [-0.25, -0.2) is 13.2 Å². The molecule has 2 aromatic carbocycles. The molecule has 0 fully saturated rings. The lowest BCUT2D eigenvalue weighted by Gasteiger charge is -2.36. The molecule has 1 amide bonds. The van der Waals surface area contributed by atoms with Crippen LogP contribution in [-0.2, 0) is 21.3 Å². The molecule has 1 aliphatic heterocycles. The van der Waals surface area contributed by atoms with E-state index in [1.807, 2.05) is 20.9 Å². The maximum Gasteiger partial charge on any atom is 0.335 e. The van der Waals surface area contributed by atoms with Crippen LogP contribution in [0.25, 0.3) is 0 Å². The standard InChI is InChI=1S/C31H45N3O8S/c1-21-17-34(22(2)20-35)30(36)27-16-26(32-43(5,39)40)13-14-28(27)42-23(3)8-6-7-15-41-29(21)19-33(4)18-24-9-11-25(12-10-24)31(37)38/h9-14,16,21-23,29,32,35H,6-8,15,17-20H2,1-5H3,(H,37,38)/t21-,22-,23+,29-/m0/s1. The molecule has 1 aliphatic rings. The Hall–Kier alpha value is -3.19. The fraction of sp³-hybridized carbons (Fsp3) is 0.548. The van der Waals surface area contributed by atoms with Gasteiger partial charge in [0, 0.05) is 37.8 Å². The topological polar surface area (TPSA) is 146 Å². The average Bonchev–Trinajstić information content (AvgIpc) is 2.94. The van der Waals surface area contributed by atoms with Gasteiger partial charge in [-0.05, 0) is 76.1 Å². The zero-order valence-corrected chi connectivity index (χ0v) is 26.5. The molecule has 3 N–H and O–H groups in total. The predicted molar refractivity (Wildman–Crippen MR) is 165 cm³/mol. The van der Waals surface area contributed by atoms with Crippen molar-refractivity contribution < 1.29 is 37.7 Å². The molecule has 43 heavy (non-hydrogen) atoms. The van der Waals surface area contributed by atoms with E-state index in [1.54, 1.807) is 48.2 Å². The van der Waals surface area contributed by atoms with Crippen molar-refractivity contribution in [3.63, 3.8) is 0 Å². The molecule has 4 atom stereocenters. The molecule has 238 valence electrons. The van der Waals surface area contributed by atoms with Crippen molar-refractivity contribution in [2.24, 2.45) is 5.92 Å². The summed E-state index contributed by atoms with van der Waals surface area (Å²) < 4.78 is 38.8. The maximum absolute atomic E-state index is 14.1. The van der Waals surface area contributed by atoms with Crippen molar-refractivity contribution >= 4 is 27.6 Å². The predicted octanol–water partition coefficient (Wildman–Crippen LogP) is 3.68. The number of carbonyl (C=O) groups excluding carboxylic acids is 1. The summed E-state index contributed by atoms with van der Waals surface area (Å²) in [5.74, 6) is -1.11. The number of fused-ring (bicyclic) bond motifs is 1. The maximum atomic E-state index is 14.1. The zero-order valence-electron chi connectivity index (χ0n) is 25.7. The minimum atomic E-state index is -3.57. The summed E-state index contributed by atoms with van der Waals surface area (Å²) >= 11 is 0. The number of aromatic carboxylic acids is 1. The van der Waals surface area contributed by atoms with Crippen LogP contribution in [0, 0.1) is 5.92 Å². The highest BCUT2D eigenvalue weighted by Gasteiger charge is 2.30. The molecule has 0 unspecified atom stereocenters. The fourth-order valence-corrected chi connectivity index (χ4v) is 5.65. The Balaban J connectivity index is 1.89. The molecule has 11 nitrogen and oxygen atoms in total. The molecular formula is C31H45N3O8S. The number of rotatable bonds is 9. The van der Waals surface area contributed by atoms with E-state index in [9.17, 15) is 28.2 Å². The molecule has 0 aliphatic carbocycles. The SMILES string of the molecule is C[C@@H]1CCCCO[C@@H](CN(C)Cc2ccc(C(=O)O)cc2)[C@@H](C)CN([C@@H](C)CO)C(=O)c2cc(NS(C)(=O)=O)ccc2O1. The van der Waals surface area contributed by atoms with Crippen molar-refractivity contribution in [1.82, 2.24) is 9.80 Å². The molecule has 2 aromatic rings. The number of aliphatic hydroxyl groups excluding tert-OH is 1. The summed E-state index contributed by atoms with van der Waals surface area (Å²) in [5.41, 5.74) is 1.66. The lowest BCUT2D eigenvalue weighted by molar-refractivity contribution is -0.0177. The van der Waals surface area contributed by atoms with Crippen LogP contribution >= 0.6 is 0 Å². The van der Waals surface area contributed by atoms with Crippen molar-refractivity contribution in [3.05, 3.63) is 59.2 Å². The number of aliphatic hydroxyl groups is 1. The number of anilines is 1. The summed E-state index contributed by atoms with van der Waals surface area (Å²) in [6.45, 7) is 7.42. The number of benzene rings is 2. The van der Waals surface area contributed by atoms with Crippen LogP contribution in [0.1, 0.15) is 66.3 Å². The number of likely N-dealkylation sites (N-methyl/N-ethyl adjacent to an activating group) is 1. The van der Waals surface area contributed by atoms with Gasteiger partial charge in [-0.15, -0.1) is 0 Å². The molecule has 0 spiro atoms. The monoisotopic (exact) mass is 619 g/mol. The Bertz CT molecular complexity index is 1340. The van der Waals surface area contributed by atoms with Gasteiger partial charge >= 0.3 is 5.97 Å². The number of nitrogens with zero attached hydrogens (tertiary/aromatic N) is 2. The zero-order chi connectivity index (χ0) is 31.7. The Morgan fingerprint density at radius 2 is 1.86 bits per heavy atom.